The fourth-order valence-electron chi connectivity index (χ4n) is 2.79. The Morgan fingerprint density at radius 3 is 2.28 bits per heavy atom. The molecule has 0 heterocycles. The predicted molar refractivity (Wildman–Crippen MR) is 119 cm³/mol. The van der Waals surface area contributed by atoms with Crippen LogP contribution < -0.4 is 19.5 Å². The van der Waals surface area contributed by atoms with Gasteiger partial charge in [0.15, 0.2) is 11.5 Å². The number of benzene rings is 3. The van der Waals surface area contributed by atoms with Crippen LogP contribution in [-0.4, -0.2) is 14.2 Å². The van der Waals surface area contributed by atoms with Crippen LogP contribution in [-0.2, 0) is 13.2 Å². The number of nitrogens with one attached hydrogen (secondary N) is 1. The van der Waals surface area contributed by atoms with E-state index in [2.05, 4.69) is 5.32 Å². The summed E-state index contributed by atoms with van der Waals surface area (Å²) in [6, 6.07) is 16.6. The molecule has 3 aromatic rings. The Labute approximate surface area is 185 Å². The van der Waals surface area contributed by atoms with Crippen LogP contribution in [0.3, 0.4) is 0 Å². The van der Waals surface area contributed by atoms with Crippen molar-refractivity contribution >= 4 is 40.5 Å². The summed E-state index contributed by atoms with van der Waals surface area (Å²) in [4.78, 5) is 0. The van der Waals surface area contributed by atoms with Crippen LogP contribution in [0.4, 0.5) is 5.69 Å². The van der Waals surface area contributed by atoms with Crippen molar-refractivity contribution in [3.8, 4) is 17.2 Å². The molecule has 0 spiro atoms. The van der Waals surface area contributed by atoms with Crippen LogP contribution in [0.25, 0.3) is 0 Å². The van der Waals surface area contributed by atoms with Gasteiger partial charge in [0.05, 0.1) is 19.2 Å². The minimum Gasteiger partial charge on any atom is -0.495 e. The molecule has 0 unspecified atom stereocenters. The maximum absolute atomic E-state index is 6.26. The Kier molecular flexibility index (Phi) is 7.37. The second kappa shape index (κ2) is 9.97. The fourth-order valence-corrected chi connectivity index (χ4v) is 3.51. The molecule has 4 nitrogen and oxygen atoms in total. The van der Waals surface area contributed by atoms with Gasteiger partial charge in [-0.15, -0.1) is 0 Å². The molecule has 29 heavy (non-hydrogen) atoms. The molecule has 3 aromatic carbocycles. The number of anilines is 1. The zero-order valence-electron chi connectivity index (χ0n) is 16.0. The monoisotopic (exact) mass is 451 g/mol. The van der Waals surface area contributed by atoms with E-state index >= 15 is 0 Å². The molecule has 0 atom stereocenters. The van der Waals surface area contributed by atoms with Gasteiger partial charge >= 0.3 is 0 Å². The summed E-state index contributed by atoms with van der Waals surface area (Å²) in [6.45, 7) is 0.807. The molecular formula is C22H20Cl3NO3. The number of hydrogen-bond donors (Lipinski definition) is 1. The van der Waals surface area contributed by atoms with Gasteiger partial charge in [0.1, 0.15) is 12.4 Å². The molecule has 0 amide bonds. The number of ether oxygens (including phenoxy) is 3. The summed E-state index contributed by atoms with van der Waals surface area (Å²) in [5, 5.41) is 5.02. The first-order valence-electron chi connectivity index (χ1n) is 8.82. The molecule has 0 bridgehead atoms. The van der Waals surface area contributed by atoms with E-state index in [0.717, 1.165) is 16.8 Å². The van der Waals surface area contributed by atoms with E-state index in [9.17, 15) is 0 Å². The Morgan fingerprint density at radius 1 is 0.793 bits per heavy atom. The lowest BCUT2D eigenvalue weighted by Gasteiger charge is -2.17. The lowest BCUT2D eigenvalue weighted by molar-refractivity contribution is 0.282. The number of para-hydroxylation sites is 1. The normalized spacial score (nSPS) is 10.5. The largest absolute Gasteiger partial charge is 0.495 e. The molecule has 152 valence electrons. The minimum absolute atomic E-state index is 0.289. The fraction of sp³-hybridized carbons (Fsp3) is 0.182. The number of halogens is 3. The number of rotatable bonds is 8. The van der Waals surface area contributed by atoms with E-state index in [-0.39, 0.29) is 6.61 Å². The summed E-state index contributed by atoms with van der Waals surface area (Å²) in [5.41, 5.74) is 2.63. The summed E-state index contributed by atoms with van der Waals surface area (Å²) in [7, 11) is 3.19. The molecule has 0 fully saturated rings. The molecule has 0 radical (unpaired) electrons. The van der Waals surface area contributed by atoms with Gasteiger partial charge < -0.3 is 19.5 Å². The molecule has 0 aliphatic heterocycles. The smallest absolute Gasteiger partial charge is 0.166 e. The highest BCUT2D eigenvalue weighted by Gasteiger charge is 2.12. The van der Waals surface area contributed by atoms with E-state index in [1.807, 2.05) is 42.5 Å². The molecule has 3 rings (SSSR count). The first kappa shape index (κ1) is 21.4. The Morgan fingerprint density at radius 2 is 1.59 bits per heavy atom. The van der Waals surface area contributed by atoms with E-state index in [4.69, 9.17) is 49.0 Å². The third-order valence-corrected chi connectivity index (χ3v) is 5.18. The van der Waals surface area contributed by atoms with Crippen molar-refractivity contribution in [2.45, 2.75) is 13.2 Å². The molecule has 7 heteroatoms. The highest BCUT2D eigenvalue weighted by molar-refractivity contribution is 6.35. The van der Waals surface area contributed by atoms with Crippen LogP contribution in [0, 0.1) is 0 Å². The van der Waals surface area contributed by atoms with Crippen molar-refractivity contribution in [3.63, 3.8) is 0 Å². The zero-order valence-corrected chi connectivity index (χ0v) is 18.2. The number of hydrogen-bond acceptors (Lipinski definition) is 4. The van der Waals surface area contributed by atoms with Crippen molar-refractivity contribution in [2.24, 2.45) is 0 Å². The third-order valence-electron chi connectivity index (χ3n) is 4.30. The lowest BCUT2D eigenvalue weighted by atomic mass is 10.1. The topological polar surface area (TPSA) is 39.7 Å². The quantitative estimate of drug-likeness (QED) is 0.405. The molecule has 0 saturated carbocycles. The molecule has 0 aliphatic carbocycles. The lowest BCUT2D eigenvalue weighted by Crippen LogP contribution is -2.05. The summed E-state index contributed by atoms with van der Waals surface area (Å²) < 4.78 is 16.7. The average Bonchev–Trinajstić information content (AvgIpc) is 2.72. The van der Waals surface area contributed by atoms with Gasteiger partial charge in [-0.05, 0) is 36.4 Å². The van der Waals surface area contributed by atoms with Crippen LogP contribution in [0.5, 0.6) is 17.2 Å². The molecule has 0 aliphatic rings. The van der Waals surface area contributed by atoms with Gasteiger partial charge in [0, 0.05) is 33.4 Å². The minimum atomic E-state index is 0.289. The van der Waals surface area contributed by atoms with E-state index in [1.165, 1.54) is 0 Å². The van der Waals surface area contributed by atoms with Crippen LogP contribution in [0.2, 0.25) is 15.1 Å². The van der Waals surface area contributed by atoms with Crippen molar-refractivity contribution in [2.75, 3.05) is 19.5 Å². The predicted octanol–water partition coefficient (Wildman–Crippen LogP) is 6.86. The maximum atomic E-state index is 6.26. The van der Waals surface area contributed by atoms with Crippen LogP contribution in [0.15, 0.2) is 54.6 Å². The highest BCUT2D eigenvalue weighted by atomic mass is 35.5. The van der Waals surface area contributed by atoms with Crippen molar-refractivity contribution < 1.29 is 14.2 Å². The Hall–Kier alpha value is -2.27. The van der Waals surface area contributed by atoms with E-state index in [0.29, 0.717) is 38.9 Å². The Bertz CT molecular complexity index is 995. The standard InChI is InChI=1S/C22H20Cl3NO3/c1-27-20-9-8-17(11-19(20)25)26-12-14-4-3-5-21(28-2)22(14)29-13-15-6-7-16(23)10-18(15)24/h3-11,26H,12-13H2,1-2H3. The molecule has 0 saturated heterocycles. The SMILES string of the molecule is COc1ccc(NCc2cccc(OC)c2OCc2ccc(Cl)cc2Cl)cc1Cl. The highest BCUT2D eigenvalue weighted by Crippen LogP contribution is 2.34. The molecular weight excluding hydrogens is 433 g/mol. The number of methoxy groups -OCH3 is 2. The first-order valence-corrected chi connectivity index (χ1v) is 9.95. The third kappa shape index (κ3) is 5.41. The van der Waals surface area contributed by atoms with Gasteiger partial charge in [0.2, 0.25) is 0 Å². The second-order valence-electron chi connectivity index (χ2n) is 6.18. The van der Waals surface area contributed by atoms with Crippen LogP contribution >= 0.6 is 34.8 Å². The summed E-state index contributed by atoms with van der Waals surface area (Å²) in [5.74, 6) is 1.91. The molecule has 1 N–H and O–H groups in total. The zero-order chi connectivity index (χ0) is 20.8. The van der Waals surface area contributed by atoms with Crippen molar-refractivity contribution in [1.82, 2.24) is 0 Å². The van der Waals surface area contributed by atoms with Crippen molar-refractivity contribution in [1.29, 1.82) is 0 Å². The summed E-state index contributed by atoms with van der Waals surface area (Å²) >= 11 is 18.4. The Balaban J connectivity index is 1.77. The van der Waals surface area contributed by atoms with Crippen molar-refractivity contribution in [3.05, 3.63) is 80.8 Å². The average molecular weight is 453 g/mol. The molecule has 0 aromatic heterocycles. The van der Waals surface area contributed by atoms with Gasteiger partial charge in [-0.2, -0.15) is 0 Å². The maximum Gasteiger partial charge on any atom is 0.166 e. The first-order chi connectivity index (χ1) is 14.0. The van der Waals surface area contributed by atoms with E-state index in [1.54, 1.807) is 26.4 Å². The van der Waals surface area contributed by atoms with Gasteiger partial charge in [0.25, 0.3) is 0 Å². The summed E-state index contributed by atoms with van der Waals surface area (Å²) in [6.07, 6.45) is 0. The second-order valence-corrected chi connectivity index (χ2v) is 7.43. The van der Waals surface area contributed by atoms with Crippen LogP contribution in [0.1, 0.15) is 11.1 Å². The van der Waals surface area contributed by atoms with Gasteiger partial charge in [-0.25, -0.2) is 0 Å². The van der Waals surface area contributed by atoms with Gasteiger partial charge in [-0.3, -0.25) is 0 Å². The van der Waals surface area contributed by atoms with Gasteiger partial charge in [-0.1, -0.05) is 53.0 Å². The van der Waals surface area contributed by atoms with E-state index < -0.39 is 0 Å².